The van der Waals surface area contributed by atoms with Crippen LogP contribution in [0.1, 0.15) is 40.2 Å². The zero-order valence-electron chi connectivity index (χ0n) is 17.4. The summed E-state index contributed by atoms with van der Waals surface area (Å²) in [7, 11) is 0. The number of ether oxygens (including phenoxy) is 1. The molecule has 0 radical (unpaired) electrons. The molecule has 5 rings (SSSR count). The maximum atomic E-state index is 10.9. The third-order valence-corrected chi connectivity index (χ3v) is 6.42. The molecular weight excluding hydrogens is 368 g/mol. The van der Waals surface area contributed by atoms with E-state index in [0.29, 0.717) is 18.0 Å². The van der Waals surface area contributed by atoms with E-state index in [1.165, 1.54) is 0 Å². The molecule has 6 heteroatoms. The lowest BCUT2D eigenvalue weighted by Crippen LogP contribution is -2.73. The number of aromatic hydroxyl groups is 1. The summed E-state index contributed by atoms with van der Waals surface area (Å²) in [6, 6.07) is 13.3. The van der Waals surface area contributed by atoms with Gasteiger partial charge in [-0.3, -0.25) is 0 Å². The standard InChI is InChI=1S/C23H26N2O4/c1-20(2,3)23-21(4,5)13-27-22(23,28-29-23)14-10-11-15(18(26)12-14)19-24-16-8-6-7-9-17(16)25-19/h6-12,26H,13H2,1-5H3,(H,24,25). The van der Waals surface area contributed by atoms with Gasteiger partial charge in [0.1, 0.15) is 11.6 Å². The van der Waals surface area contributed by atoms with Crippen molar-refractivity contribution in [2.75, 3.05) is 6.61 Å². The average Bonchev–Trinajstić information content (AvgIpc) is 3.09. The number of para-hydroxylation sites is 2. The minimum absolute atomic E-state index is 0.113. The van der Waals surface area contributed by atoms with E-state index in [2.05, 4.69) is 44.6 Å². The van der Waals surface area contributed by atoms with Gasteiger partial charge in [0.25, 0.3) is 5.79 Å². The molecule has 3 heterocycles. The first-order valence-electron chi connectivity index (χ1n) is 9.91. The normalized spacial score (nSPS) is 28.3. The van der Waals surface area contributed by atoms with Gasteiger partial charge in [-0.1, -0.05) is 52.8 Å². The number of nitrogens with zero attached hydrogens (tertiary/aromatic N) is 1. The number of benzene rings is 2. The van der Waals surface area contributed by atoms with Crippen LogP contribution in [0.25, 0.3) is 22.4 Å². The lowest BCUT2D eigenvalue weighted by atomic mass is 9.57. The molecule has 2 atom stereocenters. The molecule has 0 saturated carbocycles. The van der Waals surface area contributed by atoms with Crippen molar-refractivity contribution in [2.45, 2.75) is 46.0 Å². The van der Waals surface area contributed by atoms with Crippen molar-refractivity contribution in [1.82, 2.24) is 9.97 Å². The van der Waals surface area contributed by atoms with Crippen LogP contribution in [0.5, 0.6) is 5.75 Å². The molecule has 152 valence electrons. The monoisotopic (exact) mass is 394 g/mol. The highest BCUT2D eigenvalue weighted by Crippen LogP contribution is 2.69. The van der Waals surface area contributed by atoms with Crippen molar-refractivity contribution in [2.24, 2.45) is 10.8 Å². The summed E-state index contributed by atoms with van der Waals surface area (Å²) >= 11 is 0. The molecule has 2 N–H and O–H groups in total. The fourth-order valence-corrected chi connectivity index (χ4v) is 5.25. The molecule has 3 aromatic rings. The van der Waals surface area contributed by atoms with Crippen LogP contribution in [0.2, 0.25) is 0 Å². The number of phenols is 1. The van der Waals surface area contributed by atoms with E-state index in [1.807, 2.05) is 36.4 Å². The Balaban J connectivity index is 1.60. The van der Waals surface area contributed by atoms with E-state index in [9.17, 15) is 5.11 Å². The Morgan fingerprint density at radius 3 is 2.45 bits per heavy atom. The predicted molar refractivity (Wildman–Crippen MR) is 109 cm³/mol. The van der Waals surface area contributed by atoms with Crippen LogP contribution in [-0.2, 0) is 20.3 Å². The number of phenolic OH excluding ortho intramolecular Hbond substituents is 1. The van der Waals surface area contributed by atoms with Crippen LogP contribution >= 0.6 is 0 Å². The van der Waals surface area contributed by atoms with Gasteiger partial charge in [0.15, 0.2) is 5.60 Å². The number of H-pyrrole nitrogens is 1. The van der Waals surface area contributed by atoms with E-state index < -0.39 is 11.4 Å². The SMILES string of the molecule is CC(C)(C)C12OOC1(c1ccc(-c3nc4ccccc4[nH]3)c(O)c1)OCC2(C)C. The number of nitrogens with one attached hydrogen (secondary N) is 1. The van der Waals surface area contributed by atoms with Crippen LogP contribution in [0.15, 0.2) is 42.5 Å². The molecule has 2 fully saturated rings. The second kappa shape index (κ2) is 5.59. The molecular formula is C23H26N2O4. The first-order valence-corrected chi connectivity index (χ1v) is 9.91. The fourth-order valence-electron chi connectivity index (χ4n) is 5.25. The first-order chi connectivity index (χ1) is 13.6. The summed E-state index contributed by atoms with van der Waals surface area (Å²) in [5.41, 5.74) is 1.94. The van der Waals surface area contributed by atoms with E-state index in [1.54, 1.807) is 6.07 Å². The largest absolute Gasteiger partial charge is 0.507 e. The Morgan fingerprint density at radius 1 is 1.07 bits per heavy atom. The molecule has 2 saturated heterocycles. The van der Waals surface area contributed by atoms with Crippen LogP contribution in [0, 0.1) is 10.8 Å². The molecule has 2 aromatic carbocycles. The number of fused-ring (bicyclic) bond motifs is 2. The Bertz CT molecular complexity index is 1080. The van der Waals surface area contributed by atoms with Gasteiger partial charge in [-0.2, -0.15) is 4.89 Å². The zero-order chi connectivity index (χ0) is 20.7. The minimum atomic E-state index is -1.06. The van der Waals surface area contributed by atoms with Crippen molar-refractivity contribution in [3.05, 3.63) is 48.0 Å². The molecule has 2 aliphatic rings. The van der Waals surface area contributed by atoms with Crippen LogP contribution in [0.3, 0.4) is 0 Å². The molecule has 2 unspecified atom stereocenters. The smallest absolute Gasteiger partial charge is 0.261 e. The number of hydrogen-bond donors (Lipinski definition) is 2. The van der Waals surface area contributed by atoms with Gasteiger partial charge in [0, 0.05) is 16.4 Å². The summed E-state index contributed by atoms with van der Waals surface area (Å²) in [5.74, 6) is -0.325. The third kappa shape index (κ3) is 2.19. The maximum absolute atomic E-state index is 10.9. The number of imidazole rings is 1. The van der Waals surface area contributed by atoms with Crippen LogP contribution in [0.4, 0.5) is 0 Å². The summed E-state index contributed by atoms with van der Waals surface area (Å²) in [4.78, 5) is 19.4. The Kier molecular flexibility index (Phi) is 3.59. The minimum Gasteiger partial charge on any atom is -0.507 e. The third-order valence-electron chi connectivity index (χ3n) is 6.42. The quantitative estimate of drug-likeness (QED) is 0.605. The van der Waals surface area contributed by atoms with Crippen LogP contribution in [-0.4, -0.2) is 27.3 Å². The van der Waals surface area contributed by atoms with Crippen molar-refractivity contribution in [1.29, 1.82) is 0 Å². The fraction of sp³-hybridized carbons (Fsp3) is 0.435. The second-order valence-corrected chi connectivity index (χ2v) is 9.72. The van der Waals surface area contributed by atoms with Gasteiger partial charge in [-0.25, -0.2) is 9.87 Å². The van der Waals surface area contributed by atoms with Gasteiger partial charge < -0.3 is 14.8 Å². The average molecular weight is 394 g/mol. The molecule has 2 aliphatic heterocycles. The van der Waals surface area contributed by atoms with E-state index >= 15 is 0 Å². The van der Waals surface area contributed by atoms with Gasteiger partial charge in [0.05, 0.1) is 23.2 Å². The highest BCUT2D eigenvalue weighted by atomic mass is 17.3. The first kappa shape index (κ1) is 18.6. The number of aromatic nitrogens is 2. The Morgan fingerprint density at radius 2 is 1.83 bits per heavy atom. The second-order valence-electron chi connectivity index (χ2n) is 9.72. The summed E-state index contributed by atoms with van der Waals surface area (Å²) in [6.07, 6.45) is 0. The van der Waals surface area contributed by atoms with Gasteiger partial charge >= 0.3 is 0 Å². The zero-order valence-corrected chi connectivity index (χ0v) is 17.4. The van der Waals surface area contributed by atoms with Crippen molar-refractivity contribution in [3.63, 3.8) is 0 Å². The predicted octanol–water partition coefficient (Wildman–Crippen LogP) is 4.89. The lowest BCUT2D eigenvalue weighted by Gasteiger charge is -2.61. The lowest BCUT2D eigenvalue weighted by molar-refractivity contribution is -0.626. The number of rotatable bonds is 2. The van der Waals surface area contributed by atoms with Crippen molar-refractivity contribution < 1.29 is 19.6 Å². The molecule has 0 spiro atoms. The van der Waals surface area contributed by atoms with Crippen LogP contribution < -0.4 is 0 Å². The van der Waals surface area contributed by atoms with Gasteiger partial charge in [0.2, 0.25) is 0 Å². The van der Waals surface area contributed by atoms with Gasteiger partial charge in [-0.15, -0.1) is 0 Å². The summed E-state index contributed by atoms with van der Waals surface area (Å²) < 4.78 is 6.24. The highest BCUT2D eigenvalue weighted by molar-refractivity contribution is 5.80. The molecule has 29 heavy (non-hydrogen) atoms. The van der Waals surface area contributed by atoms with Crippen molar-refractivity contribution >= 4 is 11.0 Å². The number of hydrogen-bond acceptors (Lipinski definition) is 5. The summed E-state index contributed by atoms with van der Waals surface area (Å²) in [5, 5.41) is 10.9. The van der Waals surface area contributed by atoms with E-state index in [-0.39, 0.29) is 16.6 Å². The summed E-state index contributed by atoms with van der Waals surface area (Å²) in [6.45, 7) is 11.1. The van der Waals surface area contributed by atoms with E-state index in [0.717, 1.165) is 16.6 Å². The molecule has 1 aromatic heterocycles. The Labute approximate surface area is 169 Å². The molecule has 6 nitrogen and oxygen atoms in total. The van der Waals surface area contributed by atoms with E-state index in [4.69, 9.17) is 14.5 Å². The van der Waals surface area contributed by atoms with Gasteiger partial charge in [-0.05, 0) is 24.3 Å². The topological polar surface area (TPSA) is 76.6 Å². The molecule has 0 bridgehead atoms. The molecule has 0 aliphatic carbocycles. The maximum Gasteiger partial charge on any atom is 0.261 e. The highest BCUT2D eigenvalue weighted by Gasteiger charge is 2.81. The Hall–Kier alpha value is -2.41. The molecule has 0 amide bonds. The number of aromatic amines is 1. The van der Waals surface area contributed by atoms with Crippen molar-refractivity contribution in [3.8, 4) is 17.1 Å².